The van der Waals surface area contributed by atoms with Crippen molar-refractivity contribution in [3.05, 3.63) is 23.2 Å². The molecule has 96 valence electrons. The summed E-state index contributed by atoms with van der Waals surface area (Å²) < 4.78 is 1.18. The molecule has 0 bridgehead atoms. The number of fused-ring (bicyclic) bond motifs is 1. The van der Waals surface area contributed by atoms with Gasteiger partial charge in [0.1, 0.15) is 0 Å². The van der Waals surface area contributed by atoms with Crippen molar-refractivity contribution >= 4 is 38.3 Å². The molecule has 1 heterocycles. The van der Waals surface area contributed by atoms with Crippen LogP contribution in [0.4, 0.5) is 5.13 Å². The fraction of sp³-hybridized carbons (Fsp3) is 0.462. The predicted octanol–water partition coefficient (Wildman–Crippen LogP) is 3.63. The maximum atomic E-state index is 5.97. The van der Waals surface area contributed by atoms with Crippen molar-refractivity contribution in [3.63, 3.8) is 0 Å². The first kappa shape index (κ1) is 12.2. The van der Waals surface area contributed by atoms with E-state index in [9.17, 15) is 0 Å². The molecule has 3 nitrogen and oxygen atoms in total. The standard InChI is InChI=1S/C13H16ClN3S/c14-8-1-6-12-11(7-8)17-13(18-12)16-10-4-2-9(15)3-5-10/h1,6-7,9-10H,2-5,15H2,(H,16,17). The van der Waals surface area contributed by atoms with Gasteiger partial charge in [0, 0.05) is 17.1 Å². The SMILES string of the molecule is NC1CCC(Nc2nc3cc(Cl)ccc3s2)CC1. The third-order valence-electron chi connectivity index (χ3n) is 3.45. The van der Waals surface area contributed by atoms with Gasteiger partial charge >= 0.3 is 0 Å². The lowest BCUT2D eigenvalue weighted by molar-refractivity contribution is 0.411. The van der Waals surface area contributed by atoms with Crippen LogP contribution in [0.3, 0.4) is 0 Å². The molecule has 1 aliphatic rings. The first-order valence-corrected chi connectivity index (χ1v) is 7.48. The first-order chi connectivity index (χ1) is 8.70. The maximum Gasteiger partial charge on any atom is 0.184 e. The molecule has 1 fully saturated rings. The lowest BCUT2D eigenvalue weighted by Gasteiger charge is -2.26. The van der Waals surface area contributed by atoms with Crippen LogP contribution in [0.1, 0.15) is 25.7 Å². The number of nitrogens with one attached hydrogen (secondary N) is 1. The van der Waals surface area contributed by atoms with E-state index in [0.29, 0.717) is 12.1 Å². The van der Waals surface area contributed by atoms with Crippen LogP contribution >= 0.6 is 22.9 Å². The van der Waals surface area contributed by atoms with Gasteiger partial charge in [-0.25, -0.2) is 4.98 Å². The van der Waals surface area contributed by atoms with E-state index >= 15 is 0 Å². The fourth-order valence-electron chi connectivity index (χ4n) is 2.40. The molecule has 0 spiro atoms. The number of rotatable bonds is 2. The highest BCUT2D eigenvalue weighted by Gasteiger charge is 2.19. The van der Waals surface area contributed by atoms with Gasteiger partial charge in [0.25, 0.3) is 0 Å². The van der Waals surface area contributed by atoms with Gasteiger partial charge in [-0.1, -0.05) is 22.9 Å². The molecular formula is C13H16ClN3S. The largest absolute Gasteiger partial charge is 0.359 e. The molecule has 0 unspecified atom stereocenters. The Balaban J connectivity index is 1.74. The number of thiazole rings is 1. The topological polar surface area (TPSA) is 50.9 Å². The molecule has 0 aliphatic heterocycles. The lowest BCUT2D eigenvalue weighted by atomic mass is 9.92. The van der Waals surface area contributed by atoms with Crippen molar-refractivity contribution in [1.29, 1.82) is 0 Å². The molecule has 18 heavy (non-hydrogen) atoms. The van der Waals surface area contributed by atoms with Crippen LogP contribution < -0.4 is 11.1 Å². The number of benzene rings is 1. The smallest absolute Gasteiger partial charge is 0.184 e. The third-order valence-corrected chi connectivity index (χ3v) is 4.65. The van der Waals surface area contributed by atoms with Gasteiger partial charge in [-0.05, 0) is 43.9 Å². The number of aromatic nitrogens is 1. The Bertz CT molecular complexity index is 546. The van der Waals surface area contributed by atoms with Crippen molar-refractivity contribution in [2.75, 3.05) is 5.32 Å². The van der Waals surface area contributed by atoms with Crippen LogP contribution in [-0.4, -0.2) is 17.1 Å². The minimum Gasteiger partial charge on any atom is -0.359 e. The van der Waals surface area contributed by atoms with Gasteiger partial charge in [-0.3, -0.25) is 0 Å². The zero-order valence-electron chi connectivity index (χ0n) is 10.0. The number of halogens is 1. The Morgan fingerprint density at radius 1 is 1.28 bits per heavy atom. The van der Waals surface area contributed by atoms with Crippen molar-refractivity contribution in [2.45, 2.75) is 37.8 Å². The third kappa shape index (κ3) is 2.60. The van der Waals surface area contributed by atoms with Gasteiger partial charge in [-0.2, -0.15) is 0 Å². The molecule has 3 N–H and O–H groups in total. The molecule has 0 amide bonds. The Morgan fingerprint density at radius 2 is 2.06 bits per heavy atom. The molecule has 0 atom stereocenters. The van der Waals surface area contributed by atoms with Crippen LogP contribution in [0.25, 0.3) is 10.2 Å². The van der Waals surface area contributed by atoms with Crippen molar-refractivity contribution < 1.29 is 0 Å². The van der Waals surface area contributed by atoms with E-state index in [1.54, 1.807) is 11.3 Å². The van der Waals surface area contributed by atoms with E-state index in [2.05, 4.69) is 10.3 Å². The van der Waals surface area contributed by atoms with Crippen molar-refractivity contribution in [3.8, 4) is 0 Å². The zero-order valence-corrected chi connectivity index (χ0v) is 11.6. The second-order valence-electron chi connectivity index (χ2n) is 4.89. The van der Waals surface area contributed by atoms with Crippen molar-refractivity contribution in [1.82, 2.24) is 4.98 Å². The van der Waals surface area contributed by atoms with E-state index in [1.807, 2.05) is 18.2 Å². The molecule has 3 rings (SSSR count). The molecular weight excluding hydrogens is 266 g/mol. The Labute approximate surface area is 115 Å². The predicted molar refractivity (Wildman–Crippen MR) is 78.5 cm³/mol. The molecule has 0 saturated heterocycles. The molecule has 1 aromatic carbocycles. The summed E-state index contributed by atoms with van der Waals surface area (Å²) in [6.45, 7) is 0. The monoisotopic (exact) mass is 281 g/mol. The quantitative estimate of drug-likeness (QED) is 0.884. The number of hydrogen-bond donors (Lipinski definition) is 2. The summed E-state index contributed by atoms with van der Waals surface area (Å²) in [6, 6.07) is 6.75. The highest BCUT2D eigenvalue weighted by molar-refractivity contribution is 7.22. The average molecular weight is 282 g/mol. The van der Waals surface area contributed by atoms with Crippen molar-refractivity contribution in [2.24, 2.45) is 5.73 Å². The summed E-state index contributed by atoms with van der Waals surface area (Å²) >= 11 is 7.65. The van der Waals surface area contributed by atoms with Crippen LogP contribution in [0.15, 0.2) is 18.2 Å². The van der Waals surface area contributed by atoms with Gasteiger partial charge < -0.3 is 11.1 Å². The lowest BCUT2D eigenvalue weighted by Crippen LogP contribution is -2.32. The van der Waals surface area contributed by atoms with E-state index < -0.39 is 0 Å². The Morgan fingerprint density at radius 3 is 2.83 bits per heavy atom. The van der Waals surface area contributed by atoms with E-state index in [0.717, 1.165) is 41.4 Å². The second-order valence-corrected chi connectivity index (χ2v) is 6.35. The maximum absolute atomic E-state index is 5.97. The second kappa shape index (κ2) is 5.03. The van der Waals surface area contributed by atoms with E-state index in [4.69, 9.17) is 17.3 Å². The van der Waals surface area contributed by atoms with Gasteiger partial charge in [0.15, 0.2) is 5.13 Å². The molecule has 1 saturated carbocycles. The van der Waals surface area contributed by atoms with Gasteiger partial charge in [0.05, 0.1) is 10.2 Å². The average Bonchev–Trinajstić information content (AvgIpc) is 2.73. The molecule has 2 aromatic rings. The minimum absolute atomic E-state index is 0.386. The van der Waals surface area contributed by atoms with Crippen LogP contribution in [0.5, 0.6) is 0 Å². The summed E-state index contributed by atoms with van der Waals surface area (Å²) in [5.41, 5.74) is 6.89. The molecule has 1 aromatic heterocycles. The highest BCUT2D eigenvalue weighted by Crippen LogP contribution is 2.30. The van der Waals surface area contributed by atoms with E-state index in [1.165, 1.54) is 4.70 Å². The van der Waals surface area contributed by atoms with E-state index in [-0.39, 0.29) is 0 Å². The molecule has 5 heteroatoms. The van der Waals surface area contributed by atoms with Gasteiger partial charge in [0.2, 0.25) is 0 Å². The summed E-state index contributed by atoms with van der Waals surface area (Å²) in [4.78, 5) is 4.58. The summed E-state index contributed by atoms with van der Waals surface area (Å²) in [6.07, 6.45) is 4.48. The number of nitrogens with two attached hydrogens (primary N) is 1. The molecule has 1 aliphatic carbocycles. The highest BCUT2D eigenvalue weighted by atomic mass is 35.5. The number of hydrogen-bond acceptors (Lipinski definition) is 4. The first-order valence-electron chi connectivity index (χ1n) is 6.29. The number of nitrogens with zero attached hydrogens (tertiary/aromatic N) is 1. The van der Waals surface area contributed by atoms with Crippen LogP contribution in [-0.2, 0) is 0 Å². The number of anilines is 1. The summed E-state index contributed by atoms with van der Waals surface area (Å²) in [5.74, 6) is 0. The van der Waals surface area contributed by atoms with Crippen LogP contribution in [0, 0.1) is 0 Å². The summed E-state index contributed by atoms with van der Waals surface area (Å²) in [5, 5.41) is 5.25. The fourth-order valence-corrected chi connectivity index (χ4v) is 3.49. The Hall–Kier alpha value is -0.840. The summed E-state index contributed by atoms with van der Waals surface area (Å²) in [7, 11) is 0. The molecule has 0 radical (unpaired) electrons. The van der Waals surface area contributed by atoms with Gasteiger partial charge in [-0.15, -0.1) is 0 Å². The minimum atomic E-state index is 0.386. The van der Waals surface area contributed by atoms with Crippen LogP contribution in [0.2, 0.25) is 5.02 Å². The zero-order chi connectivity index (χ0) is 12.5. The Kier molecular flexibility index (Phi) is 3.41. The normalized spacial score (nSPS) is 24.3.